The molecule has 1 aliphatic heterocycles. The van der Waals surface area contributed by atoms with Gasteiger partial charge in [-0.2, -0.15) is 0 Å². The van der Waals surface area contributed by atoms with Crippen LogP contribution in [0.25, 0.3) is 0 Å². The second kappa shape index (κ2) is 5.98. The smallest absolute Gasteiger partial charge is 0.373 e. The van der Waals surface area contributed by atoms with Crippen molar-refractivity contribution in [1.29, 1.82) is 0 Å². The Morgan fingerprint density at radius 2 is 2.04 bits per heavy atom. The van der Waals surface area contributed by atoms with Crippen LogP contribution in [0.2, 0.25) is 0 Å². The van der Waals surface area contributed by atoms with Crippen molar-refractivity contribution in [3.63, 3.8) is 0 Å². The number of methoxy groups -OCH3 is 1. The van der Waals surface area contributed by atoms with Crippen LogP contribution in [0.15, 0.2) is 33.6 Å². The number of para-hydroxylation sites is 1. The molecule has 2 aromatic rings. The lowest BCUT2D eigenvalue weighted by Gasteiger charge is -2.31. The van der Waals surface area contributed by atoms with E-state index in [-0.39, 0.29) is 16.4 Å². The average molecular weight is 349 g/mol. The van der Waals surface area contributed by atoms with E-state index in [1.807, 2.05) is 25.1 Å². The van der Waals surface area contributed by atoms with Gasteiger partial charge in [0.1, 0.15) is 10.7 Å². The molecule has 0 saturated heterocycles. The van der Waals surface area contributed by atoms with E-state index in [4.69, 9.17) is 4.42 Å². The summed E-state index contributed by atoms with van der Waals surface area (Å²) < 4.78 is 37.6. The van der Waals surface area contributed by atoms with E-state index >= 15 is 0 Å². The first-order valence-electron chi connectivity index (χ1n) is 7.66. The van der Waals surface area contributed by atoms with Crippen molar-refractivity contribution in [3.8, 4) is 0 Å². The zero-order chi connectivity index (χ0) is 17.5. The lowest BCUT2D eigenvalue weighted by atomic mass is 10.0. The van der Waals surface area contributed by atoms with Gasteiger partial charge in [-0.25, -0.2) is 13.2 Å². The lowest BCUT2D eigenvalue weighted by molar-refractivity contribution is 0.0563. The molecule has 128 valence electrons. The highest BCUT2D eigenvalue weighted by atomic mass is 32.2. The Morgan fingerprint density at radius 3 is 2.75 bits per heavy atom. The van der Waals surface area contributed by atoms with Crippen LogP contribution in [0, 0.1) is 13.8 Å². The summed E-state index contributed by atoms with van der Waals surface area (Å²) in [4.78, 5) is 11.6. The van der Waals surface area contributed by atoms with E-state index < -0.39 is 16.0 Å². The molecule has 1 aromatic heterocycles. The van der Waals surface area contributed by atoms with Crippen molar-refractivity contribution in [2.24, 2.45) is 0 Å². The van der Waals surface area contributed by atoms with E-state index in [1.54, 1.807) is 0 Å². The Labute approximate surface area is 141 Å². The minimum atomic E-state index is -3.82. The van der Waals surface area contributed by atoms with Gasteiger partial charge in [-0.15, -0.1) is 0 Å². The topological polar surface area (TPSA) is 76.8 Å². The number of sulfonamides is 1. The molecule has 0 aliphatic carbocycles. The molecule has 0 radical (unpaired) electrons. The number of hydrogen-bond acceptors (Lipinski definition) is 5. The van der Waals surface area contributed by atoms with Crippen LogP contribution in [0.4, 0.5) is 5.69 Å². The van der Waals surface area contributed by atoms with Gasteiger partial charge >= 0.3 is 5.97 Å². The third kappa shape index (κ3) is 2.58. The van der Waals surface area contributed by atoms with Gasteiger partial charge in [0.15, 0.2) is 0 Å². The molecule has 1 aromatic carbocycles. The highest BCUT2D eigenvalue weighted by molar-refractivity contribution is 7.92. The Bertz CT molecular complexity index is 898. The monoisotopic (exact) mass is 349 g/mol. The molecular weight excluding hydrogens is 330 g/mol. The van der Waals surface area contributed by atoms with Crippen LogP contribution in [-0.4, -0.2) is 28.0 Å². The molecule has 6 nitrogen and oxygen atoms in total. The number of furan rings is 1. The predicted molar refractivity (Wildman–Crippen MR) is 88.8 cm³/mol. The summed E-state index contributed by atoms with van der Waals surface area (Å²) >= 11 is 0. The van der Waals surface area contributed by atoms with E-state index in [2.05, 4.69) is 4.74 Å². The average Bonchev–Trinajstić information content (AvgIpc) is 2.96. The zero-order valence-corrected chi connectivity index (χ0v) is 14.6. The Morgan fingerprint density at radius 1 is 1.29 bits per heavy atom. The Balaban J connectivity index is 2.11. The predicted octanol–water partition coefficient (Wildman–Crippen LogP) is 2.82. The molecule has 0 amide bonds. The third-order valence-corrected chi connectivity index (χ3v) is 6.11. The van der Waals surface area contributed by atoms with Crippen LogP contribution >= 0.6 is 0 Å². The van der Waals surface area contributed by atoms with Crippen molar-refractivity contribution in [3.05, 3.63) is 46.9 Å². The maximum Gasteiger partial charge on any atom is 0.373 e. The number of nitrogens with zero attached hydrogens (tertiary/aromatic N) is 1. The van der Waals surface area contributed by atoms with Crippen molar-refractivity contribution >= 4 is 21.7 Å². The van der Waals surface area contributed by atoms with Crippen molar-refractivity contribution in [2.45, 2.75) is 31.6 Å². The number of aryl methyl sites for hydroxylation is 3. The fraction of sp³-hybridized carbons (Fsp3) is 0.353. The van der Waals surface area contributed by atoms with Gasteiger partial charge in [0, 0.05) is 12.6 Å². The maximum absolute atomic E-state index is 13.2. The second-order valence-electron chi connectivity index (χ2n) is 5.79. The molecule has 24 heavy (non-hydrogen) atoms. The fourth-order valence-corrected chi connectivity index (χ4v) is 4.85. The van der Waals surface area contributed by atoms with Crippen LogP contribution in [0.1, 0.15) is 33.9 Å². The quantitative estimate of drug-likeness (QED) is 0.797. The Hall–Kier alpha value is -2.28. The summed E-state index contributed by atoms with van der Waals surface area (Å²) in [5, 5.41) is 0. The lowest BCUT2D eigenvalue weighted by Crippen LogP contribution is -2.36. The molecule has 0 fully saturated rings. The number of anilines is 1. The highest BCUT2D eigenvalue weighted by Gasteiger charge is 2.33. The van der Waals surface area contributed by atoms with Crippen molar-refractivity contribution in [2.75, 3.05) is 18.0 Å². The zero-order valence-electron chi connectivity index (χ0n) is 13.8. The van der Waals surface area contributed by atoms with Crippen molar-refractivity contribution in [1.82, 2.24) is 0 Å². The number of rotatable bonds is 3. The van der Waals surface area contributed by atoms with Crippen molar-refractivity contribution < 1.29 is 22.4 Å². The van der Waals surface area contributed by atoms with Gasteiger partial charge in [-0.05, 0) is 37.8 Å². The van der Waals surface area contributed by atoms with Gasteiger partial charge < -0.3 is 9.15 Å². The first-order valence-corrected chi connectivity index (χ1v) is 9.10. The fourth-order valence-electron chi connectivity index (χ4n) is 3.08. The molecule has 0 bridgehead atoms. The van der Waals surface area contributed by atoms with E-state index in [0.717, 1.165) is 29.7 Å². The van der Waals surface area contributed by atoms with Gasteiger partial charge in [0.05, 0.1) is 12.8 Å². The van der Waals surface area contributed by atoms with Crippen LogP contribution in [0.5, 0.6) is 0 Å². The van der Waals surface area contributed by atoms with E-state index in [0.29, 0.717) is 6.54 Å². The summed E-state index contributed by atoms with van der Waals surface area (Å²) in [5.41, 5.74) is 2.65. The minimum Gasteiger partial charge on any atom is -0.463 e. The molecule has 0 spiro atoms. The van der Waals surface area contributed by atoms with Gasteiger partial charge in [0.2, 0.25) is 5.76 Å². The number of carbonyl (C=O) groups is 1. The molecule has 2 heterocycles. The third-order valence-electron chi connectivity index (χ3n) is 4.20. The number of benzene rings is 1. The summed E-state index contributed by atoms with van der Waals surface area (Å²) in [5.74, 6) is -0.638. The first kappa shape index (κ1) is 16.6. The number of ether oxygens (including phenoxy) is 1. The number of fused-ring (bicyclic) bond motifs is 1. The number of esters is 1. The summed E-state index contributed by atoms with van der Waals surface area (Å²) in [6, 6.07) is 7.02. The molecule has 0 unspecified atom stereocenters. The van der Waals surface area contributed by atoms with E-state index in [9.17, 15) is 13.2 Å². The SMILES string of the molecule is COC(=O)c1cc(S(=O)(=O)N2CCCc3cccc(C)c32)c(C)o1. The highest BCUT2D eigenvalue weighted by Crippen LogP contribution is 2.36. The minimum absolute atomic E-state index is 0.000923. The Kier molecular flexibility index (Phi) is 4.13. The molecule has 3 rings (SSSR count). The van der Waals surface area contributed by atoms with E-state index in [1.165, 1.54) is 24.4 Å². The van der Waals surface area contributed by atoms with Gasteiger partial charge in [-0.3, -0.25) is 4.31 Å². The van der Waals surface area contributed by atoms with Crippen LogP contribution in [-0.2, 0) is 21.2 Å². The molecule has 1 aliphatic rings. The largest absolute Gasteiger partial charge is 0.463 e. The molecule has 0 atom stereocenters. The molecule has 0 saturated carbocycles. The van der Waals surface area contributed by atoms with Crippen LogP contribution in [0.3, 0.4) is 0 Å². The normalized spacial score (nSPS) is 14.4. The maximum atomic E-state index is 13.2. The standard InChI is InChI=1S/C17H19NO5S/c1-11-6-4-7-13-8-5-9-18(16(11)13)24(20,21)15-10-14(17(19)22-3)23-12(15)2/h4,6-7,10H,5,8-9H2,1-3H3. The summed E-state index contributed by atoms with van der Waals surface area (Å²) in [6.07, 6.45) is 1.59. The number of hydrogen-bond donors (Lipinski definition) is 0. The number of carbonyl (C=O) groups excluding carboxylic acids is 1. The van der Waals surface area contributed by atoms with Crippen LogP contribution < -0.4 is 4.31 Å². The first-order chi connectivity index (χ1) is 11.4. The molecule has 7 heteroatoms. The summed E-state index contributed by atoms with van der Waals surface area (Å²) in [6.45, 7) is 3.83. The van der Waals surface area contributed by atoms with Gasteiger partial charge in [-0.1, -0.05) is 18.2 Å². The molecule has 0 N–H and O–H groups in total. The second-order valence-corrected chi connectivity index (χ2v) is 7.62. The molecular formula is C17H19NO5S. The van der Waals surface area contributed by atoms with Gasteiger partial charge in [0.25, 0.3) is 10.0 Å². The summed E-state index contributed by atoms with van der Waals surface area (Å²) in [7, 11) is -2.60.